The third-order valence-electron chi connectivity index (χ3n) is 7.04. The van der Waals surface area contributed by atoms with E-state index < -0.39 is 11.9 Å². The second-order valence-electron chi connectivity index (χ2n) is 9.21. The first-order valence-corrected chi connectivity index (χ1v) is 13.9. The molecule has 1 heterocycles. The van der Waals surface area contributed by atoms with Crippen LogP contribution in [-0.4, -0.2) is 51.2 Å². The molecule has 0 aromatic heterocycles. The molecule has 0 saturated heterocycles. The van der Waals surface area contributed by atoms with Crippen LogP contribution in [0, 0.1) is 0 Å². The molecule has 0 spiro atoms. The molecule has 0 bridgehead atoms. The van der Waals surface area contributed by atoms with Crippen LogP contribution in [0.4, 0.5) is 0 Å². The summed E-state index contributed by atoms with van der Waals surface area (Å²) < 4.78 is 22.2. The van der Waals surface area contributed by atoms with Crippen molar-refractivity contribution >= 4 is 23.5 Å². The molecule has 202 valence electrons. The molecule has 0 unspecified atom stereocenters. The average Bonchev–Trinajstić information content (AvgIpc) is 2.93. The van der Waals surface area contributed by atoms with Crippen LogP contribution in [0.15, 0.2) is 65.0 Å². The predicted molar refractivity (Wildman–Crippen MR) is 149 cm³/mol. The van der Waals surface area contributed by atoms with E-state index in [2.05, 4.69) is 12.2 Å². The molecule has 2 atom stereocenters. The molecule has 2 aromatic rings. The van der Waals surface area contributed by atoms with Crippen LogP contribution in [0.5, 0.6) is 17.2 Å². The van der Waals surface area contributed by atoms with E-state index in [-0.39, 0.29) is 11.7 Å². The first-order valence-electron chi connectivity index (χ1n) is 12.8. The summed E-state index contributed by atoms with van der Waals surface area (Å²) in [6.07, 6.45) is 0.936. The molecule has 0 fully saturated rings. The summed E-state index contributed by atoms with van der Waals surface area (Å²) >= 11 is 1.71. The van der Waals surface area contributed by atoms with Gasteiger partial charge in [-0.2, -0.15) is 11.8 Å². The van der Waals surface area contributed by atoms with Gasteiger partial charge in [0, 0.05) is 34.7 Å². The lowest BCUT2D eigenvalue weighted by atomic mass is 9.71. The minimum atomic E-state index is -0.576. The van der Waals surface area contributed by atoms with Crippen LogP contribution in [-0.2, 0) is 14.3 Å². The minimum absolute atomic E-state index is 0.00576. The SMILES string of the molecule is CCSCCOC(=O)C1=C(C)NC2=C(C(=O)C[C@H](c3ccc(OC)c(OC)c3)C2)[C@H]1c1ccccc1OC. The monoisotopic (exact) mass is 537 g/mol. The number of methoxy groups -OCH3 is 3. The molecule has 0 saturated carbocycles. The van der Waals surface area contributed by atoms with Crippen LogP contribution < -0.4 is 19.5 Å². The number of nitrogens with one attached hydrogen (secondary N) is 1. The number of thioether (sulfide) groups is 1. The first-order chi connectivity index (χ1) is 18.4. The number of para-hydroxylation sites is 1. The Morgan fingerprint density at radius 3 is 2.45 bits per heavy atom. The number of dihydropyridines is 1. The summed E-state index contributed by atoms with van der Waals surface area (Å²) in [6, 6.07) is 13.3. The van der Waals surface area contributed by atoms with Crippen molar-refractivity contribution in [3.05, 3.63) is 76.1 Å². The Morgan fingerprint density at radius 1 is 1.00 bits per heavy atom. The standard InChI is InChI=1S/C30H35NO6S/c1-6-38-14-13-37-30(33)27-18(2)31-22-15-20(19-11-12-25(35-4)26(17-19)36-5)16-23(32)29(22)28(27)21-9-7-8-10-24(21)34-3/h7-12,17,20,28,31H,6,13-16H2,1-5H3/t20-,28+/m1/s1. The van der Waals surface area contributed by atoms with Gasteiger partial charge in [-0.1, -0.05) is 31.2 Å². The zero-order valence-corrected chi connectivity index (χ0v) is 23.4. The number of allylic oxidation sites excluding steroid dienone is 3. The summed E-state index contributed by atoms with van der Waals surface area (Å²) in [6.45, 7) is 4.25. The lowest BCUT2D eigenvalue weighted by Crippen LogP contribution is -2.36. The maximum Gasteiger partial charge on any atom is 0.336 e. The first kappa shape index (κ1) is 27.6. The molecule has 0 amide bonds. The maximum absolute atomic E-state index is 13.9. The Labute approximate surface area is 228 Å². The van der Waals surface area contributed by atoms with Gasteiger partial charge in [-0.25, -0.2) is 4.79 Å². The Balaban J connectivity index is 1.74. The molecule has 1 N–H and O–H groups in total. The van der Waals surface area contributed by atoms with Crippen LogP contribution >= 0.6 is 11.8 Å². The highest BCUT2D eigenvalue weighted by Crippen LogP contribution is 2.48. The third-order valence-corrected chi connectivity index (χ3v) is 7.90. The normalized spacial score (nSPS) is 19.0. The average molecular weight is 538 g/mol. The molecule has 7 nitrogen and oxygen atoms in total. The fourth-order valence-corrected chi connectivity index (χ4v) is 5.77. The van der Waals surface area contributed by atoms with E-state index in [9.17, 15) is 9.59 Å². The molecule has 1 aliphatic carbocycles. The quantitative estimate of drug-likeness (QED) is 0.320. The molecule has 8 heteroatoms. The van der Waals surface area contributed by atoms with E-state index in [1.165, 1.54) is 0 Å². The van der Waals surface area contributed by atoms with Crippen molar-refractivity contribution in [3.8, 4) is 17.2 Å². The number of ether oxygens (including phenoxy) is 4. The highest BCUT2D eigenvalue weighted by atomic mass is 32.2. The summed E-state index contributed by atoms with van der Waals surface area (Å²) in [7, 11) is 4.80. The highest BCUT2D eigenvalue weighted by molar-refractivity contribution is 7.99. The Kier molecular flexibility index (Phi) is 9.05. The summed E-state index contributed by atoms with van der Waals surface area (Å²) in [5, 5.41) is 3.41. The maximum atomic E-state index is 13.9. The Morgan fingerprint density at radius 2 is 1.74 bits per heavy atom. The van der Waals surface area contributed by atoms with E-state index in [0.717, 1.165) is 28.3 Å². The number of ketones is 1. The summed E-state index contributed by atoms with van der Waals surface area (Å²) in [5.74, 6) is 2.54. The zero-order chi connectivity index (χ0) is 27.2. The van der Waals surface area contributed by atoms with Crippen molar-refractivity contribution in [1.82, 2.24) is 5.32 Å². The van der Waals surface area contributed by atoms with Gasteiger partial charge in [0.1, 0.15) is 12.4 Å². The van der Waals surface area contributed by atoms with E-state index >= 15 is 0 Å². The number of esters is 1. The molecular weight excluding hydrogens is 502 g/mol. The lowest BCUT2D eigenvalue weighted by Gasteiger charge is -2.37. The second kappa shape index (κ2) is 12.4. The van der Waals surface area contributed by atoms with E-state index in [0.29, 0.717) is 53.5 Å². The third kappa shape index (κ3) is 5.55. The van der Waals surface area contributed by atoms with Crippen molar-refractivity contribution in [2.45, 2.75) is 38.5 Å². The molecule has 0 radical (unpaired) electrons. The topological polar surface area (TPSA) is 83.1 Å². The Bertz CT molecular complexity index is 1270. The molecule has 4 rings (SSSR count). The van der Waals surface area contributed by atoms with E-state index in [4.69, 9.17) is 18.9 Å². The lowest BCUT2D eigenvalue weighted by molar-refractivity contribution is -0.138. The van der Waals surface area contributed by atoms with Crippen molar-refractivity contribution < 1.29 is 28.5 Å². The highest BCUT2D eigenvalue weighted by Gasteiger charge is 2.42. The summed E-state index contributed by atoms with van der Waals surface area (Å²) in [4.78, 5) is 27.3. The molecule has 2 aromatic carbocycles. The van der Waals surface area contributed by atoms with Crippen LogP contribution in [0.1, 0.15) is 49.7 Å². The summed E-state index contributed by atoms with van der Waals surface area (Å²) in [5.41, 5.74) is 4.34. The van der Waals surface area contributed by atoms with Gasteiger partial charge in [-0.05, 0) is 48.8 Å². The largest absolute Gasteiger partial charge is 0.496 e. The van der Waals surface area contributed by atoms with Crippen LogP contribution in [0.25, 0.3) is 0 Å². The Hall–Kier alpha value is -3.39. The fourth-order valence-electron chi connectivity index (χ4n) is 5.28. The van der Waals surface area contributed by atoms with Gasteiger partial charge >= 0.3 is 5.97 Å². The number of carbonyl (C=O) groups is 2. The number of carbonyl (C=O) groups excluding carboxylic acids is 2. The van der Waals surface area contributed by atoms with Gasteiger partial charge < -0.3 is 24.3 Å². The fraction of sp³-hybridized carbons (Fsp3) is 0.400. The molecule has 2 aliphatic rings. The number of Topliss-reactive ketones (excluding diaryl/α,β-unsaturated/α-hetero) is 1. The van der Waals surface area contributed by atoms with Crippen molar-refractivity contribution in [1.29, 1.82) is 0 Å². The van der Waals surface area contributed by atoms with Crippen LogP contribution in [0.2, 0.25) is 0 Å². The van der Waals surface area contributed by atoms with Crippen molar-refractivity contribution in [2.75, 3.05) is 39.4 Å². The van der Waals surface area contributed by atoms with Gasteiger partial charge in [-0.3, -0.25) is 4.79 Å². The molecule has 1 aliphatic heterocycles. The minimum Gasteiger partial charge on any atom is -0.496 e. The number of benzene rings is 2. The number of rotatable bonds is 10. The second-order valence-corrected chi connectivity index (χ2v) is 10.6. The van der Waals surface area contributed by atoms with Crippen molar-refractivity contribution in [3.63, 3.8) is 0 Å². The van der Waals surface area contributed by atoms with Crippen molar-refractivity contribution in [2.24, 2.45) is 0 Å². The van der Waals surface area contributed by atoms with E-state index in [1.54, 1.807) is 33.1 Å². The van der Waals surface area contributed by atoms with Gasteiger partial charge in [0.25, 0.3) is 0 Å². The van der Waals surface area contributed by atoms with Gasteiger partial charge in [0.15, 0.2) is 17.3 Å². The molecular formula is C30H35NO6S. The molecule has 38 heavy (non-hydrogen) atoms. The number of hydrogen-bond acceptors (Lipinski definition) is 8. The number of hydrogen-bond donors (Lipinski definition) is 1. The zero-order valence-electron chi connectivity index (χ0n) is 22.6. The van der Waals surface area contributed by atoms with Gasteiger partial charge in [0.2, 0.25) is 0 Å². The van der Waals surface area contributed by atoms with Gasteiger partial charge in [0.05, 0.1) is 32.8 Å². The smallest absolute Gasteiger partial charge is 0.336 e. The predicted octanol–water partition coefficient (Wildman–Crippen LogP) is 5.37. The van der Waals surface area contributed by atoms with Crippen LogP contribution in [0.3, 0.4) is 0 Å². The van der Waals surface area contributed by atoms with Gasteiger partial charge in [-0.15, -0.1) is 0 Å². The van der Waals surface area contributed by atoms with E-state index in [1.807, 2.05) is 49.4 Å².